The van der Waals surface area contributed by atoms with Crippen LogP contribution in [0.4, 0.5) is 52.2 Å². The number of rotatable bonds is 5. The lowest BCUT2D eigenvalue weighted by Gasteiger charge is -2.33. The van der Waals surface area contributed by atoms with E-state index < -0.39 is 51.4 Å². The second-order valence-electron chi connectivity index (χ2n) is 4.19. The number of H-pyrrole nitrogens is 1. The minimum atomic E-state index is -7.32. The molecular weight excluding hydrogens is 464 g/mol. The molecule has 21 heteroatoms. The molecule has 28 heavy (non-hydrogen) atoms. The summed E-state index contributed by atoms with van der Waals surface area (Å²) >= 11 is 0. The third kappa shape index (κ3) is 4.62. The summed E-state index contributed by atoms with van der Waals surface area (Å²) in [5.41, 5.74) is 3.25. The van der Waals surface area contributed by atoms with Crippen LogP contribution in [-0.4, -0.2) is 48.0 Å². The Kier molecular flexibility index (Phi) is 6.76. The van der Waals surface area contributed by atoms with Crippen molar-refractivity contribution in [3.8, 4) is 0 Å². The van der Waals surface area contributed by atoms with E-state index in [0.29, 0.717) is 5.10 Å². The number of aromatic amines is 1. The molecule has 1 rings (SSSR count). The summed E-state index contributed by atoms with van der Waals surface area (Å²) in [6.45, 7) is 0. The van der Waals surface area contributed by atoms with E-state index in [-0.39, 0.29) is 0 Å². The van der Waals surface area contributed by atoms with Crippen molar-refractivity contribution in [2.45, 2.75) is 35.4 Å². The molecule has 3 N–H and O–H groups in total. The molecule has 0 bridgehead atoms. The van der Waals surface area contributed by atoms with Gasteiger partial charge in [-0.3, -0.25) is 9.84 Å². The van der Waals surface area contributed by atoms with Crippen LogP contribution >= 0.6 is 0 Å². The van der Waals surface area contributed by atoms with Crippen LogP contribution in [0.1, 0.15) is 5.82 Å². The third-order valence-electron chi connectivity index (χ3n) is 2.34. The zero-order valence-electron chi connectivity index (χ0n) is 12.0. The van der Waals surface area contributed by atoms with Crippen LogP contribution in [-0.2, 0) is 20.8 Å². The van der Waals surface area contributed by atoms with E-state index in [1.165, 1.54) is 0 Å². The number of aromatic nitrogens is 3. The zero-order valence-corrected chi connectivity index (χ0v) is 12.9. The van der Waals surface area contributed by atoms with Gasteiger partial charge in [-0.25, -0.2) is 0 Å². The van der Waals surface area contributed by atoms with Gasteiger partial charge in [0.2, 0.25) is 5.82 Å². The summed E-state index contributed by atoms with van der Waals surface area (Å²) in [6, 6.07) is 0. The Hall–Kier alpha value is -2.19. The molecule has 0 saturated carbocycles. The molecule has 0 aromatic carbocycles. The molecule has 1 heterocycles. The van der Waals surface area contributed by atoms with E-state index in [1.54, 1.807) is 0 Å². The fourth-order valence-corrected chi connectivity index (χ4v) is 1.50. The maximum Gasteiger partial charge on any atom is 0.462 e. The highest BCUT2D eigenvalue weighted by Gasteiger charge is 2.79. The molecule has 1 aromatic heterocycles. The van der Waals surface area contributed by atoms with Crippen molar-refractivity contribution in [2.75, 3.05) is 0 Å². The van der Waals surface area contributed by atoms with E-state index >= 15 is 0 Å². The molecule has 1 aromatic rings. The molecule has 1 unspecified atom stereocenters. The van der Waals surface area contributed by atoms with Gasteiger partial charge in [0.1, 0.15) is 0 Å². The predicted octanol–water partition coefficient (Wildman–Crippen LogP) is 1.47. The minimum absolute atomic E-state index is 0.612. The third-order valence-corrected chi connectivity index (χ3v) is 2.96. The van der Waals surface area contributed by atoms with Gasteiger partial charge in [0.25, 0.3) is 5.16 Å². The Bertz CT molecular complexity index is 789. The molecule has 0 amide bonds. The summed E-state index contributed by atoms with van der Waals surface area (Å²) in [5, 5.41) is 0.477. The highest BCUT2D eigenvalue weighted by atomic mass is 32.3. The molecule has 0 fully saturated rings. The average molecular weight is 467 g/mol. The molecule has 0 radical (unpaired) electrons. The Morgan fingerprint density at radius 2 is 1.29 bits per heavy atom. The Morgan fingerprint density at radius 3 is 1.57 bits per heavy atom. The first-order chi connectivity index (χ1) is 12.2. The Balaban J connectivity index is 0.00000352. The summed E-state index contributed by atoms with van der Waals surface area (Å²) in [4.78, 5) is 9.69. The van der Waals surface area contributed by atoms with Gasteiger partial charge >= 0.3 is 40.5 Å². The lowest BCUT2D eigenvalue weighted by Crippen LogP contribution is -2.58. The number of nitrogens with zero attached hydrogens (tertiary/aromatic N) is 2. The van der Waals surface area contributed by atoms with Crippen molar-refractivity contribution in [3.05, 3.63) is 10.7 Å². The Labute approximate surface area is 143 Å². The van der Waals surface area contributed by atoms with E-state index in [0.717, 1.165) is 0 Å². The van der Waals surface area contributed by atoms with Crippen molar-refractivity contribution in [1.29, 1.82) is 0 Å². The van der Waals surface area contributed by atoms with Gasteiger partial charge < -0.3 is 0 Å². The lowest BCUT2D eigenvalue weighted by molar-refractivity contribution is -0.489. The van der Waals surface area contributed by atoms with Gasteiger partial charge in [0, 0.05) is 4.91 Å². The predicted molar refractivity (Wildman–Crippen MR) is 55.8 cm³/mol. The fourth-order valence-electron chi connectivity index (χ4n) is 1.15. The first-order valence-electron chi connectivity index (χ1n) is 5.56. The monoisotopic (exact) mass is 467 g/mol. The van der Waals surface area contributed by atoms with Gasteiger partial charge in [-0.1, -0.05) is 3.89 Å². The molecule has 8 nitrogen and oxygen atoms in total. The smallest absolute Gasteiger partial charge is 0.263 e. The molecule has 1 atom stereocenters. The SMILES string of the molecule is O=S(=O)(F)c1n[nH]c(C(F)(OC(F)(F)C(F)(F)C(F)(F)F)C(F)(F)F)n1.[NH2+]=O. The van der Waals surface area contributed by atoms with Gasteiger partial charge in [-0.2, -0.15) is 61.7 Å². The van der Waals surface area contributed by atoms with E-state index in [2.05, 4.69) is 10.7 Å². The number of nitrogens with two attached hydrogens (primary N) is 1. The number of ether oxygens (including phenoxy) is 1. The normalized spacial score (nSPS) is 16.1. The molecule has 0 aliphatic heterocycles. The number of hydrogen-bond donors (Lipinski definition) is 2. The van der Waals surface area contributed by atoms with Crippen molar-refractivity contribution < 1.29 is 70.9 Å². The first-order valence-corrected chi connectivity index (χ1v) is 6.94. The number of nitrogens with one attached hydrogen (secondary N) is 1. The second-order valence-corrected chi connectivity index (χ2v) is 5.43. The highest BCUT2D eigenvalue weighted by Crippen LogP contribution is 2.53. The number of halogens is 12. The van der Waals surface area contributed by atoms with Crippen LogP contribution in [0.2, 0.25) is 0 Å². The zero-order chi connectivity index (χ0) is 23.0. The molecular formula is C7H3F12N4O4S+. The van der Waals surface area contributed by atoms with E-state index in [1.807, 2.05) is 9.72 Å². The number of alkyl halides is 11. The van der Waals surface area contributed by atoms with Crippen LogP contribution in [0.15, 0.2) is 5.16 Å². The van der Waals surface area contributed by atoms with Crippen molar-refractivity contribution >= 4 is 10.2 Å². The molecule has 0 spiro atoms. The fraction of sp³-hybridized carbons (Fsp3) is 0.714. The number of nitroso groups, excluding NO2 is 1. The van der Waals surface area contributed by atoms with Crippen LogP contribution in [0.5, 0.6) is 0 Å². The van der Waals surface area contributed by atoms with Gasteiger partial charge in [-0.05, 0) is 5.59 Å². The largest absolute Gasteiger partial charge is 0.462 e. The van der Waals surface area contributed by atoms with E-state index in [9.17, 15) is 60.6 Å². The van der Waals surface area contributed by atoms with Crippen molar-refractivity contribution in [1.82, 2.24) is 15.2 Å². The molecule has 0 aliphatic rings. The Morgan fingerprint density at radius 1 is 0.857 bits per heavy atom. The molecule has 164 valence electrons. The maximum absolute atomic E-state index is 13.9. The summed E-state index contributed by atoms with van der Waals surface area (Å²) in [5.74, 6) is -16.4. The highest BCUT2D eigenvalue weighted by molar-refractivity contribution is 7.86. The topological polar surface area (TPSA) is 128 Å². The van der Waals surface area contributed by atoms with Crippen molar-refractivity contribution in [2.24, 2.45) is 0 Å². The second kappa shape index (κ2) is 7.33. The first kappa shape index (κ1) is 25.8. The van der Waals surface area contributed by atoms with Crippen LogP contribution < -0.4 is 5.59 Å². The number of hydrogen-bond acceptors (Lipinski definition) is 6. The summed E-state index contributed by atoms with van der Waals surface area (Å²) in [6.07, 6.45) is -21.2. The standard InChI is InChI=1S/C7HF12N3O3S.H2NO/c8-3(5(11,12)13,1-20-2(22-21-1)26(19,23)24)25-7(17,18)4(9,10)6(14,15)16;1-2/h(H,20,21,22);1H2/q;+1. The average Bonchev–Trinajstić information content (AvgIpc) is 2.96. The quantitative estimate of drug-likeness (QED) is 0.499. The van der Waals surface area contributed by atoms with Gasteiger partial charge in [0.05, 0.1) is 0 Å². The van der Waals surface area contributed by atoms with Crippen LogP contribution in [0, 0.1) is 4.91 Å². The minimum Gasteiger partial charge on any atom is -0.263 e. The lowest BCUT2D eigenvalue weighted by atomic mass is 10.2. The maximum atomic E-state index is 13.9. The van der Waals surface area contributed by atoms with E-state index in [4.69, 9.17) is 4.91 Å². The summed E-state index contributed by atoms with van der Waals surface area (Å²) in [7, 11) is -6.04. The van der Waals surface area contributed by atoms with Crippen LogP contribution in [0.25, 0.3) is 0 Å². The van der Waals surface area contributed by atoms with Gasteiger partial charge in [0.15, 0.2) is 0 Å². The summed E-state index contributed by atoms with van der Waals surface area (Å²) < 4.78 is 174. The molecule has 0 saturated heterocycles. The molecule has 0 aliphatic carbocycles. The van der Waals surface area contributed by atoms with Gasteiger partial charge in [-0.15, -0.1) is 5.10 Å². The van der Waals surface area contributed by atoms with Crippen LogP contribution in [0.3, 0.4) is 0 Å². The van der Waals surface area contributed by atoms with Crippen molar-refractivity contribution in [3.63, 3.8) is 0 Å².